The summed E-state index contributed by atoms with van der Waals surface area (Å²) in [5.41, 5.74) is 1.86. The molecule has 1 amide bonds. The fourth-order valence-corrected chi connectivity index (χ4v) is 5.28. The number of aryl methyl sites for hydroxylation is 1. The molecule has 1 N–H and O–H groups in total. The van der Waals surface area contributed by atoms with Gasteiger partial charge >= 0.3 is 0 Å². The molecule has 10 heteroatoms. The highest BCUT2D eigenvalue weighted by molar-refractivity contribution is 7.22. The van der Waals surface area contributed by atoms with E-state index < -0.39 is 0 Å². The molecule has 35 heavy (non-hydrogen) atoms. The minimum absolute atomic E-state index is 0.0686. The Kier molecular flexibility index (Phi) is 6.63. The number of carbonyl (C=O) groups is 1. The summed E-state index contributed by atoms with van der Waals surface area (Å²) in [5.74, 6) is 1.22. The molecule has 1 fully saturated rings. The number of rotatable bonds is 7. The van der Waals surface area contributed by atoms with Gasteiger partial charge in [0, 0.05) is 25.2 Å². The summed E-state index contributed by atoms with van der Waals surface area (Å²) in [6.07, 6.45) is 4.21. The zero-order valence-corrected chi connectivity index (χ0v) is 20.7. The summed E-state index contributed by atoms with van der Waals surface area (Å²) < 4.78 is 7.89. The SMILES string of the molecule is CCCNC(=O)C1CCCN(c2nc3ncn(Cc4nc(-c5ccccc5)oc4C)c(=O)c3s2)C1. The largest absolute Gasteiger partial charge is 0.441 e. The van der Waals surface area contributed by atoms with E-state index >= 15 is 0 Å². The molecular formula is C25H28N6O3S. The van der Waals surface area contributed by atoms with Gasteiger partial charge in [0.25, 0.3) is 5.56 Å². The topological polar surface area (TPSA) is 106 Å². The van der Waals surface area contributed by atoms with E-state index in [1.54, 1.807) is 4.57 Å². The van der Waals surface area contributed by atoms with Crippen LogP contribution in [-0.2, 0) is 11.3 Å². The van der Waals surface area contributed by atoms with Crippen molar-refractivity contribution in [3.63, 3.8) is 0 Å². The minimum Gasteiger partial charge on any atom is -0.441 e. The molecule has 3 aromatic heterocycles. The Bertz CT molecular complexity index is 1390. The molecule has 182 valence electrons. The Morgan fingerprint density at radius 1 is 1.26 bits per heavy atom. The summed E-state index contributed by atoms with van der Waals surface area (Å²) in [5, 5.41) is 3.73. The average molecular weight is 493 g/mol. The van der Waals surface area contributed by atoms with E-state index in [1.165, 1.54) is 17.7 Å². The number of amides is 1. The van der Waals surface area contributed by atoms with Gasteiger partial charge in [-0.2, -0.15) is 4.98 Å². The first-order valence-electron chi connectivity index (χ1n) is 11.9. The fraction of sp³-hybridized carbons (Fsp3) is 0.400. The Balaban J connectivity index is 1.37. The van der Waals surface area contributed by atoms with Crippen molar-refractivity contribution in [3.05, 3.63) is 58.5 Å². The van der Waals surface area contributed by atoms with Gasteiger partial charge in [0.15, 0.2) is 10.8 Å². The molecule has 9 nitrogen and oxygen atoms in total. The number of hydrogen-bond donors (Lipinski definition) is 1. The molecule has 0 spiro atoms. The van der Waals surface area contributed by atoms with Crippen LogP contribution in [0, 0.1) is 12.8 Å². The Morgan fingerprint density at radius 2 is 2.09 bits per heavy atom. The van der Waals surface area contributed by atoms with Crippen LogP contribution in [0.2, 0.25) is 0 Å². The van der Waals surface area contributed by atoms with E-state index in [0.29, 0.717) is 40.8 Å². The van der Waals surface area contributed by atoms with Crippen LogP contribution in [0.15, 0.2) is 45.9 Å². The number of oxazole rings is 1. The second-order valence-corrected chi connectivity index (χ2v) is 9.77. The standard InChI is InChI=1S/C25H28N6O3S/c1-3-11-26-22(32)18-10-7-12-30(13-18)25-29-21-20(35-25)24(33)31(15-27-21)14-19-16(2)34-23(28-19)17-8-5-4-6-9-17/h4-6,8-9,15,18H,3,7,10-14H2,1-2H3,(H,26,32). The van der Waals surface area contributed by atoms with E-state index in [-0.39, 0.29) is 23.9 Å². The molecule has 0 aliphatic carbocycles. The van der Waals surface area contributed by atoms with Crippen molar-refractivity contribution < 1.29 is 9.21 Å². The van der Waals surface area contributed by atoms with E-state index in [1.807, 2.05) is 44.2 Å². The maximum Gasteiger partial charge on any atom is 0.273 e. The van der Waals surface area contributed by atoms with Gasteiger partial charge in [-0.1, -0.05) is 36.5 Å². The predicted octanol–water partition coefficient (Wildman–Crippen LogP) is 3.61. The number of thiazole rings is 1. The number of aromatic nitrogens is 4. The number of nitrogens with one attached hydrogen (secondary N) is 1. The van der Waals surface area contributed by atoms with Crippen molar-refractivity contribution in [1.82, 2.24) is 24.8 Å². The highest BCUT2D eigenvalue weighted by Gasteiger charge is 2.28. The van der Waals surface area contributed by atoms with Gasteiger partial charge in [-0.3, -0.25) is 14.2 Å². The van der Waals surface area contributed by atoms with Gasteiger partial charge in [0.2, 0.25) is 11.8 Å². The predicted molar refractivity (Wildman–Crippen MR) is 136 cm³/mol. The number of benzene rings is 1. The van der Waals surface area contributed by atoms with Gasteiger partial charge in [-0.25, -0.2) is 9.97 Å². The van der Waals surface area contributed by atoms with Crippen LogP contribution in [0.4, 0.5) is 5.13 Å². The Hall–Kier alpha value is -3.53. The highest BCUT2D eigenvalue weighted by Crippen LogP contribution is 2.29. The van der Waals surface area contributed by atoms with E-state index in [2.05, 4.69) is 25.2 Å². The molecule has 0 radical (unpaired) electrons. The third-order valence-electron chi connectivity index (χ3n) is 6.22. The minimum atomic E-state index is -0.156. The van der Waals surface area contributed by atoms with E-state index in [9.17, 15) is 9.59 Å². The first-order valence-corrected chi connectivity index (χ1v) is 12.8. The lowest BCUT2D eigenvalue weighted by Gasteiger charge is -2.31. The van der Waals surface area contributed by atoms with Crippen molar-refractivity contribution in [3.8, 4) is 11.5 Å². The lowest BCUT2D eigenvalue weighted by molar-refractivity contribution is -0.125. The summed E-state index contributed by atoms with van der Waals surface area (Å²) in [4.78, 5) is 41.5. The van der Waals surface area contributed by atoms with Crippen molar-refractivity contribution in [2.24, 2.45) is 5.92 Å². The summed E-state index contributed by atoms with van der Waals surface area (Å²) in [6, 6.07) is 9.68. The summed E-state index contributed by atoms with van der Waals surface area (Å²) in [7, 11) is 0. The van der Waals surface area contributed by atoms with Crippen molar-refractivity contribution in [2.45, 2.75) is 39.7 Å². The Labute approximate surface area is 206 Å². The van der Waals surface area contributed by atoms with Crippen LogP contribution < -0.4 is 15.8 Å². The molecule has 4 heterocycles. The number of piperidine rings is 1. The first-order chi connectivity index (χ1) is 17.0. The first kappa shape index (κ1) is 23.2. The molecule has 1 aliphatic heterocycles. The number of fused-ring (bicyclic) bond motifs is 1. The normalized spacial score (nSPS) is 16.1. The van der Waals surface area contributed by atoms with Crippen molar-refractivity contribution in [2.75, 3.05) is 24.5 Å². The van der Waals surface area contributed by atoms with Crippen molar-refractivity contribution in [1.29, 1.82) is 0 Å². The van der Waals surface area contributed by atoms with Crippen LogP contribution in [-0.4, -0.2) is 45.1 Å². The monoisotopic (exact) mass is 492 g/mol. The van der Waals surface area contributed by atoms with Gasteiger partial charge in [0.05, 0.1) is 12.5 Å². The quantitative estimate of drug-likeness (QED) is 0.420. The van der Waals surface area contributed by atoms with Crippen LogP contribution in [0.1, 0.15) is 37.6 Å². The third kappa shape index (κ3) is 4.84. The number of hydrogen-bond acceptors (Lipinski definition) is 8. The second-order valence-electron chi connectivity index (χ2n) is 8.79. The van der Waals surface area contributed by atoms with Gasteiger partial charge in [-0.15, -0.1) is 0 Å². The molecule has 0 saturated carbocycles. The van der Waals surface area contributed by atoms with Gasteiger partial charge in [-0.05, 0) is 38.3 Å². The van der Waals surface area contributed by atoms with Crippen LogP contribution in [0.3, 0.4) is 0 Å². The van der Waals surface area contributed by atoms with Crippen molar-refractivity contribution >= 4 is 32.7 Å². The molecule has 1 aliphatic rings. The second kappa shape index (κ2) is 9.99. The van der Waals surface area contributed by atoms with E-state index in [4.69, 9.17) is 4.42 Å². The lowest BCUT2D eigenvalue weighted by Crippen LogP contribution is -2.43. The third-order valence-corrected chi connectivity index (χ3v) is 7.31. The molecular weight excluding hydrogens is 464 g/mol. The smallest absolute Gasteiger partial charge is 0.273 e. The molecule has 0 bridgehead atoms. The summed E-state index contributed by atoms with van der Waals surface area (Å²) >= 11 is 1.34. The number of nitrogens with zero attached hydrogens (tertiary/aromatic N) is 5. The fourth-order valence-electron chi connectivity index (χ4n) is 4.28. The average Bonchev–Trinajstić information content (AvgIpc) is 3.49. The lowest BCUT2D eigenvalue weighted by atomic mass is 9.97. The number of anilines is 1. The van der Waals surface area contributed by atoms with Crippen LogP contribution in [0.5, 0.6) is 0 Å². The number of carbonyl (C=O) groups excluding carboxylic acids is 1. The zero-order chi connectivity index (χ0) is 24.4. The molecule has 5 rings (SSSR count). The van der Waals surface area contributed by atoms with Crippen LogP contribution >= 0.6 is 11.3 Å². The molecule has 1 saturated heterocycles. The maximum atomic E-state index is 13.3. The van der Waals surface area contributed by atoms with Gasteiger partial charge < -0.3 is 14.6 Å². The molecule has 4 aromatic rings. The van der Waals surface area contributed by atoms with Crippen LogP contribution in [0.25, 0.3) is 21.8 Å². The molecule has 1 atom stereocenters. The molecule has 1 aromatic carbocycles. The Morgan fingerprint density at radius 3 is 2.89 bits per heavy atom. The highest BCUT2D eigenvalue weighted by atomic mass is 32.1. The van der Waals surface area contributed by atoms with E-state index in [0.717, 1.165) is 36.5 Å². The zero-order valence-electron chi connectivity index (χ0n) is 19.9. The summed E-state index contributed by atoms with van der Waals surface area (Å²) in [6.45, 7) is 6.26. The van der Waals surface area contributed by atoms with Gasteiger partial charge in [0.1, 0.15) is 22.5 Å². The maximum absolute atomic E-state index is 13.3. The molecule has 1 unspecified atom stereocenters.